The van der Waals surface area contributed by atoms with E-state index in [0.717, 1.165) is 48.5 Å². The van der Waals surface area contributed by atoms with E-state index in [9.17, 15) is 4.79 Å². The quantitative estimate of drug-likeness (QED) is 0.776. The van der Waals surface area contributed by atoms with Crippen molar-refractivity contribution in [2.45, 2.75) is 38.5 Å². The van der Waals surface area contributed by atoms with Gasteiger partial charge in [0, 0.05) is 38.7 Å². The Bertz CT molecular complexity index is 609. The maximum Gasteiger partial charge on any atom is 0.226 e. The van der Waals surface area contributed by atoms with Gasteiger partial charge in [0.05, 0.1) is 11.9 Å². The second-order valence-corrected chi connectivity index (χ2v) is 8.57. The molecule has 4 aliphatic carbocycles. The molecule has 1 aromatic rings. The number of hydrogen-bond donors (Lipinski definition) is 2. The summed E-state index contributed by atoms with van der Waals surface area (Å²) in [6.07, 6.45) is 9.21. The molecule has 1 aromatic heterocycles. The average Bonchev–Trinajstić information content (AvgIpc) is 2.57. The molecule has 0 atom stereocenters. The third-order valence-electron chi connectivity index (χ3n) is 6.39. The van der Waals surface area contributed by atoms with Crippen LogP contribution in [-0.2, 0) is 4.79 Å². The Morgan fingerprint density at radius 2 is 1.80 bits per heavy atom. The second kappa shape index (κ2) is 6.46. The number of carbonyl (C=O) groups is 1. The van der Waals surface area contributed by atoms with Gasteiger partial charge in [0.1, 0.15) is 0 Å². The van der Waals surface area contributed by atoms with Crippen LogP contribution in [0.25, 0.3) is 0 Å². The lowest BCUT2D eigenvalue weighted by atomic mass is 9.49. The highest BCUT2D eigenvalue weighted by atomic mass is 16.2. The fraction of sp³-hybridized carbons (Fsp3) is 0.737. The van der Waals surface area contributed by atoms with Crippen molar-refractivity contribution in [2.24, 2.45) is 23.2 Å². The summed E-state index contributed by atoms with van der Waals surface area (Å²) < 4.78 is 0. The third-order valence-corrected chi connectivity index (χ3v) is 6.39. The summed E-state index contributed by atoms with van der Waals surface area (Å²) in [5.41, 5.74) is 0.953. The first-order valence-corrected chi connectivity index (χ1v) is 9.56. The molecule has 4 bridgehead atoms. The molecule has 6 heteroatoms. The van der Waals surface area contributed by atoms with Gasteiger partial charge in [0.2, 0.25) is 5.91 Å². The first-order valence-electron chi connectivity index (χ1n) is 9.56. The summed E-state index contributed by atoms with van der Waals surface area (Å²) in [5.74, 6) is 3.45. The lowest BCUT2D eigenvalue weighted by Crippen LogP contribution is -2.54. The van der Waals surface area contributed by atoms with Crippen LogP contribution in [-0.4, -0.2) is 43.3 Å². The molecule has 0 aromatic carbocycles. The van der Waals surface area contributed by atoms with Gasteiger partial charge in [-0.1, -0.05) is 0 Å². The zero-order chi connectivity index (χ0) is 17.4. The Morgan fingerprint density at radius 3 is 2.40 bits per heavy atom. The van der Waals surface area contributed by atoms with Gasteiger partial charge >= 0.3 is 0 Å². The van der Waals surface area contributed by atoms with Gasteiger partial charge in [-0.05, 0) is 56.3 Å². The largest absolute Gasteiger partial charge is 0.376 e. The number of anilines is 2. The van der Waals surface area contributed by atoms with E-state index < -0.39 is 0 Å². The van der Waals surface area contributed by atoms with Crippen LogP contribution < -0.4 is 15.5 Å². The van der Waals surface area contributed by atoms with Crippen LogP contribution in [0.2, 0.25) is 0 Å². The van der Waals surface area contributed by atoms with E-state index in [1.54, 1.807) is 6.20 Å². The standard InChI is InChI=1S/C19H29N5O/c1-24(2)16-8-17(23-22-12-16)20-3-4-21-18(25)19-9-13-5-14(10-19)7-15(6-13)11-19/h8,12-15H,3-7,9-11H2,1-2H3,(H,20,23)(H,21,25). The Labute approximate surface area is 149 Å². The lowest BCUT2D eigenvalue weighted by molar-refractivity contribution is -0.146. The predicted octanol–water partition coefficient (Wildman–Crippen LogP) is 2.29. The van der Waals surface area contributed by atoms with Gasteiger partial charge in [-0.2, -0.15) is 5.10 Å². The number of nitrogens with one attached hydrogen (secondary N) is 2. The Morgan fingerprint density at radius 1 is 1.16 bits per heavy atom. The van der Waals surface area contributed by atoms with Crippen molar-refractivity contribution in [3.63, 3.8) is 0 Å². The molecule has 4 saturated carbocycles. The molecule has 5 rings (SSSR count). The van der Waals surface area contributed by atoms with E-state index in [1.165, 1.54) is 19.3 Å². The minimum absolute atomic E-state index is 0.0562. The average molecular weight is 343 g/mol. The zero-order valence-corrected chi connectivity index (χ0v) is 15.3. The van der Waals surface area contributed by atoms with Gasteiger partial charge < -0.3 is 15.5 Å². The van der Waals surface area contributed by atoms with Crippen LogP contribution in [0.5, 0.6) is 0 Å². The van der Waals surface area contributed by atoms with Gasteiger partial charge in [-0.3, -0.25) is 4.79 Å². The van der Waals surface area contributed by atoms with Crippen LogP contribution in [0.3, 0.4) is 0 Å². The van der Waals surface area contributed by atoms with Crippen molar-refractivity contribution in [1.29, 1.82) is 0 Å². The molecule has 1 amide bonds. The van der Waals surface area contributed by atoms with E-state index in [1.807, 2.05) is 25.1 Å². The molecule has 4 aliphatic rings. The van der Waals surface area contributed by atoms with E-state index in [0.29, 0.717) is 19.0 Å². The second-order valence-electron chi connectivity index (χ2n) is 8.57. The predicted molar refractivity (Wildman–Crippen MR) is 98.5 cm³/mol. The zero-order valence-electron chi connectivity index (χ0n) is 15.3. The molecule has 25 heavy (non-hydrogen) atoms. The van der Waals surface area contributed by atoms with Crippen LogP contribution in [0, 0.1) is 23.2 Å². The molecule has 1 heterocycles. The van der Waals surface area contributed by atoms with E-state index >= 15 is 0 Å². The number of nitrogens with zero attached hydrogens (tertiary/aromatic N) is 3. The van der Waals surface area contributed by atoms with Crippen molar-refractivity contribution in [2.75, 3.05) is 37.4 Å². The molecule has 136 valence electrons. The van der Waals surface area contributed by atoms with Crippen LogP contribution in [0.4, 0.5) is 11.5 Å². The van der Waals surface area contributed by atoms with Gasteiger partial charge in [-0.25, -0.2) is 0 Å². The Kier molecular flexibility index (Phi) is 4.29. The maximum atomic E-state index is 12.9. The molecule has 0 unspecified atom stereocenters. The fourth-order valence-corrected chi connectivity index (χ4v) is 5.63. The number of amides is 1. The highest BCUT2D eigenvalue weighted by Gasteiger charge is 2.54. The molecule has 4 fully saturated rings. The maximum absolute atomic E-state index is 12.9. The number of hydrogen-bond acceptors (Lipinski definition) is 5. The van der Waals surface area contributed by atoms with Gasteiger partial charge in [0.25, 0.3) is 0 Å². The molecule has 2 N–H and O–H groups in total. The van der Waals surface area contributed by atoms with Crippen LogP contribution in [0.15, 0.2) is 12.3 Å². The smallest absolute Gasteiger partial charge is 0.226 e. The number of aromatic nitrogens is 2. The summed E-state index contributed by atoms with van der Waals surface area (Å²) in [6.45, 7) is 1.30. The monoisotopic (exact) mass is 343 g/mol. The Hall–Kier alpha value is -1.85. The normalized spacial score (nSPS) is 32.5. The van der Waals surface area contributed by atoms with E-state index in [2.05, 4.69) is 20.8 Å². The summed E-state index contributed by atoms with van der Waals surface area (Å²) in [6, 6.07) is 1.97. The summed E-state index contributed by atoms with van der Waals surface area (Å²) in [4.78, 5) is 14.9. The summed E-state index contributed by atoms with van der Waals surface area (Å²) >= 11 is 0. The third kappa shape index (κ3) is 3.31. The first kappa shape index (κ1) is 16.6. The lowest BCUT2D eigenvalue weighted by Gasteiger charge is -2.55. The van der Waals surface area contributed by atoms with Gasteiger partial charge in [0.15, 0.2) is 5.82 Å². The summed E-state index contributed by atoms with van der Waals surface area (Å²) in [7, 11) is 3.96. The van der Waals surface area contributed by atoms with Crippen LogP contribution >= 0.6 is 0 Å². The molecular weight excluding hydrogens is 314 g/mol. The van der Waals surface area contributed by atoms with Crippen molar-refractivity contribution in [3.8, 4) is 0 Å². The molecule has 6 nitrogen and oxygen atoms in total. The SMILES string of the molecule is CN(C)c1cnnc(NCCNC(=O)C23CC4CC(CC(C4)C2)C3)c1. The minimum Gasteiger partial charge on any atom is -0.376 e. The number of carbonyl (C=O) groups excluding carboxylic acids is 1. The highest BCUT2D eigenvalue weighted by Crippen LogP contribution is 2.60. The van der Waals surface area contributed by atoms with Gasteiger partial charge in [-0.15, -0.1) is 5.10 Å². The van der Waals surface area contributed by atoms with Crippen molar-refractivity contribution in [3.05, 3.63) is 12.3 Å². The molecule has 0 saturated heterocycles. The number of rotatable bonds is 6. The van der Waals surface area contributed by atoms with Crippen molar-refractivity contribution in [1.82, 2.24) is 15.5 Å². The summed E-state index contributed by atoms with van der Waals surface area (Å²) in [5, 5.41) is 14.5. The van der Waals surface area contributed by atoms with Crippen molar-refractivity contribution < 1.29 is 4.79 Å². The minimum atomic E-state index is -0.0562. The fourth-order valence-electron chi connectivity index (χ4n) is 5.63. The molecular formula is C19H29N5O. The van der Waals surface area contributed by atoms with E-state index in [-0.39, 0.29) is 5.41 Å². The van der Waals surface area contributed by atoms with E-state index in [4.69, 9.17) is 0 Å². The first-order chi connectivity index (χ1) is 12.0. The topological polar surface area (TPSA) is 70.2 Å². The molecule has 0 spiro atoms. The van der Waals surface area contributed by atoms with Crippen molar-refractivity contribution >= 4 is 17.4 Å². The molecule has 0 aliphatic heterocycles. The highest BCUT2D eigenvalue weighted by molar-refractivity contribution is 5.83. The Balaban J connectivity index is 1.28. The molecule has 0 radical (unpaired) electrons. The van der Waals surface area contributed by atoms with Crippen LogP contribution in [0.1, 0.15) is 38.5 Å².